The summed E-state index contributed by atoms with van der Waals surface area (Å²) in [7, 11) is 1.28. The zero-order chi connectivity index (χ0) is 11.7. The van der Waals surface area contributed by atoms with E-state index in [0.717, 1.165) is 10.4 Å². The van der Waals surface area contributed by atoms with Crippen LogP contribution >= 0.6 is 11.3 Å². The molecule has 0 saturated carbocycles. The van der Waals surface area contributed by atoms with E-state index in [1.165, 1.54) is 18.4 Å². The molecule has 0 radical (unpaired) electrons. The molecule has 1 heterocycles. The van der Waals surface area contributed by atoms with Crippen molar-refractivity contribution in [3.05, 3.63) is 21.9 Å². The van der Waals surface area contributed by atoms with Crippen LogP contribution < -0.4 is 5.32 Å². The Bertz CT molecular complexity index is 391. The number of fused-ring (bicyclic) bond motifs is 1. The molecule has 2 rings (SSSR count). The van der Waals surface area contributed by atoms with Crippen molar-refractivity contribution < 1.29 is 15.1 Å². The molecule has 0 bridgehead atoms. The Morgan fingerprint density at radius 3 is 3.06 bits per heavy atom. The van der Waals surface area contributed by atoms with Gasteiger partial charge in [0.25, 0.3) is 0 Å². The first kappa shape index (κ1) is 11.4. The summed E-state index contributed by atoms with van der Waals surface area (Å²) in [5.41, 5.74) is 0.957. The maximum absolute atomic E-state index is 11.3. The van der Waals surface area contributed by atoms with Gasteiger partial charge in [0, 0.05) is 11.9 Å². The van der Waals surface area contributed by atoms with Gasteiger partial charge in [-0.2, -0.15) is 0 Å². The molecule has 2 amide bonds. The fourth-order valence-electron chi connectivity index (χ4n) is 1.89. The first-order valence-electron chi connectivity index (χ1n) is 5.08. The Balaban J connectivity index is 2.14. The van der Waals surface area contributed by atoms with Crippen molar-refractivity contribution in [2.45, 2.75) is 25.0 Å². The molecule has 1 aliphatic carbocycles. The molecular weight excluding hydrogens is 228 g/mol. The van der Waals surface area contributed by atoms with Gasteiger partial charge >= 0.3 is 6.03 Å². The summed E-state index contributed by atoms with van der Waals surface area (Å²) in [6, 6.07) is 1.26. The minimum absolute atomic E-state index is 0.119. The van der Waals surface area contributed by atoms with E-state index >= 15 is 0 Å². The molecule has 0 fully saturated rings. The Kier molecular flexibility index (Phi) is 3.13. The second kappa shape index (κ2) is 4.40. The molecule has 6 heteroatoms. The molecule has 3 N–H and O–H groups in total. The summed E-state index contributed by atoms with van der Waals surface area (Å²) >= 11 is 1.50. The van der Waals surface area contributed by atoms with Crippen LogP contribution in [0.4, 0.5) is 4.79 Å². The number of carbonyl (C=O) groups excluding carboxylic acids is 1. The van der Waals surface area contributed by atoms with Gasteiger partial charge in [0.2, 0.25) is 0 Å². The fraction of sp³-hybridized carbons (Fsp3) is 0.500. The zero-order valence-electron chi connectivity index (χ0n) is 8.88. The predicted molar refractivity (Wildman–Crippen MR) is 59.3 cm³/mol. The average molecular weight is 242 g/mol. The van der Waals surface area contributed by atoms with E-state index < -0.39 is 12.1 Å². The molecule has 0 unspecified atom stereocenters. The van der Waals surface area contributed by atoms with Crippen LogP contribution in [0.2, 0.25) is 0 Å². The Morgan fingerprint density at radius 1 is 1.62 bits per heavy atom. The normalized spacial score (nSPS) is 23.7. The van der Waals surface area contributed by atoms with Gasteiger partial charge in [0.15, 0.2) is 0 Å². The number of rotatable bonds is 1. The number of nitrogens with zero attached hydrogens (tertiary/aromatic N) is 1. The number of aliphatic hydroxyl groups excluding tert-OH is 1. The van der Waals surface area contributed by atoms with Gasteiger partial charge in [-0.15, -0.1) is 11.3 Å². The SMILES string of the molecule is CN(O)C(=O)N[C@@H]1CC[C@@H](O)c2sccc21. The van der Waals surface area contributed by atoms with Crippen molar-refractivity contribution in [2.24, 2.45) is 0 Å². The molecule has 0 saturated heterocycles. The van der Waals surface area contributed by atoms with Crippen LogP contribution in [0.5, 0.6) is 0 Å². The van der Waals surface area contributed by atoms with Crippen molar-refractivity contribution in [3.8, 4) is 0 Å². The number of amides is 2. The van der Waals surface area contributed by atoms with Crippen LogP contribution in [0.25, 0.3) is 0 Å². The smallest absolute Gasteiger partial charge is 0.341 e. The number of carbonyl (C=O) groups is 1. The van der Waals surface area contributed by atoms with Gasteiger partial charge in [-0.05, 0) is 29.9 Å². The zero-order valence-corrected chi connectivity index (χ0v) is 9.70. The Morgan fingerprint density at radius 2 is 2.38 bits per heavy atom. The van der Waals surface area contributed by atoms with Crippen LogP contribution in [0, 0.1) is 0 Å². The average Bonchev–Trinajstić information content (AvgIpc) is 2.71. The van der Waals surface area contributed by atoms with Gasteiger partial charge < -0.3 is 10.4 Å². The highest BCUT2D eigenvalue weighted by Crippen LogP contribution is 2.39. The second-order valence-electron chi connectivity index (χ2n) is 3.86. The molecule has 0 aromatic carbocycles. The molecule has 16 heavy (non-hydrogen) atoms. The third-order valence-corrected chi connectivity index (χ3v) is 3.76. The quantitative estimate of drug-likeness (QED) is 0.518. The van der Waals surface area contributed by atoms with Crippen LogP contribution in [0.15, 0.2) is 11.4 Å². The van der Waals surface area contributed by atoms with E-state index in [0.29, 0.717) is 17.9 Å². The molecule has 5 nitrogen and oxygen atoms in total. The van der Waals surface area contributed by atoms with E-state index in [1.807, 2.05) is 11.4 Å². The highest BCUT2D eigenvalue weighted by atomic mass is 32.1. The number of hydrogen-bond acceptors (Lipinski definition) is 4. The molecule has 88 valence electrons. The molecule has 1 aliphatic rings. The molecular formula is C10H14N2O3S. The number of thiophene rings is 1. The van der Waals surface area contributed by atoms with Crippen molar-refractivity contribution in [2.75, 3.05) is 7.05 Å². The maximum atomic E-state index is 11.3. The fourth-order valence-corrected chi connectivity index (χ4v) is 2.88. The van der Waals surface area contributed by atoms with Gasteiger partial charge in [0.05, 0.1) is 12.1 Å². The number of aliphatic hydroxyl groups is 1. The van der Waals surface area contributed by atoms with Crippen LogP contribution in [-0.4, -0.2) is 28.5 Å². The third kappa shape index (κ3) is 2.04. The summed E-state index contributed by atoms with van der Waals surface area (Å²) in [6.07, 6.45) is 0.896. The number of urea groups is 1. The first-order chi connectivity index (χ1) is 7.59. The van der Waals surface area contributed by atoms with Crippen LogP contribution in [0.3, 0.4) is 0 Å². The highest BCUT2D eigenvalue weighted by Gasteiger charge is 2.28. The summed E-state index contributed by atoms with van der Waals surface area (Å²) in [5.74, 6) is 0. The van der Waals surface area contributed by atoms with Crippen molar-refractivity contribution in [1.29, 1.82) is 0 Å². The number of hydrogen-bond donors (Lipinski definition) is 3. The molecule has 0 aliphatic heterocycles. The maximum Gasteiger partial charge on any atom is 0.341 e. The lowest BCUT2D eigenvalue weighted by atomic mass is 9.92. The highest BCUT2D eigenvalue weighted by molar-refractivity contribution is 7.10. The topological polar surface area (TPSA) is 72.8 Å². The standard InChI is InChI=1S/C10H14N2O3S/c1-12(15)10(14)11-7-2-3-8(13)9-6(7)4-5-16-9/h4-5,7-8,13,15H,2-3H2,1H3,(H,11,14)/t7-,8-/m1/s1. The second-order valence-corrected chi connectivity index (χ2v) is 4.81. The minimum atomic E-state index is -0.529. The van der Waals surface area contributed by atoms with Crippen LogP contribution in [0.1, 0.15) is 35.4 Å². The van der Waals surface area contributed by atoms with E-state index in [4.69, 9.17) is 5.21 Å². The summed E-state index contributed by atoms with van der Waals surface area (Å²) in [6.45, 7) is 0. The molecule has 1 aromatic rings. The van der Waals surface area contributed by atoms with Crippen molar-refractivity contribution >= 4 is 17.4 Å². The van der Waals surface area contributed by atoms with Crippen LogP contribution in [-0.2, 0) is 0 Å². The van der Waals surface area contributed by atoms with Gasteiger partial charge in [-0.25, -0.2) is 9.86 Å². The summed E-state index contributed by atoms with van der Waals surface area (Å²) in [4.78, 5) is 12.2. The van der Waals surface area contributed by atoms with Gasteiger partial charge in [-0.1, -0.05) is 0 Å². The Labute approximate surface area is 97.3 Å². The molecule has 0 spiro atoms. The minimum Gasteiger partial charge on any atom is -0.388 e. The molecule has 1 aromatic heterocycles. The lowest BCUT2D eigenvalue weighted by Crippen LogP contribution is -2.38. The largest absolute Gasteiger partial charge is 0.388 e. The summed E-state index contributed by atoms with van der Waals surface area (Å²) in [5, 5.41) is 23.9. The first-order valence-corrected chi connectivity index (χ1v) is 5.96. The van der Waals surface area contributed by atoms with Crippen molar-refractivity contribution in [3.63, 3.8) is 0 Å². The number of nitrogens with one attached hydrogen (secondary N) is 1. The predicted octanol–water partition coefficient (Wildman–Crippen LogP) is 1.65. The Hall–Kier alpha value is -1.11. The van der Waals surface area contributed by atoms with E-state index in [2.05, 4.69) is 5.32 Å². The third-order valence-electron chi connectivity index (χ3n) is 2.73. The van der Waals surface area contributed by atoms with Gasteiger partial charge in [-0.3, -0.25) is 5.21 Å². The lowest BCUT2D eigenvalue weighted by Gasteiger charge is -2.27. The van der Waals surface area contributed by atoms with E-state index in [9.17, 15) is 9.90 Å². The molecule has 2 atom stereocenters. The van der Waals surface area contributed by atoms with E-state index in [1.54, 1.807) is 0 Å². The summed E-state index contributed by atoms with van der Waals surface area (Å²) < 4.78 is 0. The van der Waals surface area contributed by atoms with Crippen molar-refractivity contribution in [1.82, 2.24) is 10.4 Å². The lowest BCUT2D eigenvalue weighted by molar-refractivity contribution is -0.0199. The monoisotopic (exact) mass is 242 g/mol. The van der Waals surface area contributed by atoms with Gasteiger partial charge in [0.1, 0.15) is 0 Å². The van der Waals surface area contributed by atoms with E-state index in [-0.39, 0.29) is 6.04 Å². The number of hydroxylamine groups is 2.